The molecule has 0 heterocycles. The van der Waals surface area contributed by atoms with E-state index in [4.69, 9.17) is 0 Å². The number of hydrogen-bond acceptors (Lipinski definition) is 1. The third kappa shape index (κ3) is 3.19. The van der Waals surface area contributed by atoms with Gasteiger partial charge in [-0.25, -0.2) is 0 Å². The van der Waals surface area contributed by atoms with Crippen LogP contribution in [0.5, 0.6) is 0 Å². The lowest BCUT2D eigenvalue weighted by molar-refractivity contribution is -0.114. The average Bonchev–Trinajstić information content (AvgIpc) is 2.73. The van der Waals surface area contributed by atoms with Crippen molar-refractivity contribution in [3.63, 3.8) is 0 Å². The molecule has 0 aromatic heterocycles. The second kappa shape index (κ2) is 6.90. The van der Waals surface area contributed by atoms with Crippen LogP contribution in [-0.4, -0.2) is 5.78 Å². The molecule has 0 spiro atoms. The maximum atomic E-state index is 13.4. The Hall–Kier alpha value is -3.19. The van der Waals surface area contributed by atoms with Crippen LogP contribution in [0.15, 0.2) is 84.0 Å². The molecule has 0 amide bonds. The molecule has 0 radical (unpaired) electrons. The first-order chi connectivity index (χ1) is 15.1. The maximum absolute atomic E-state index is 13.4. The Morgan fingerprint density at radius 1 is 0.594 bits per heavy atom. The summed E-state index contributed by atoms with van der Waals surface area (Å²) in [5.74, 6) is 0.179. The molecule has 0 fully saturated rings. The molecule has 1 heteroatoms. The van der Waals surface area contributed by atoms with Gasteiger partial charge in [0.2, 0.25) is 0 Å². The van der Waals surface area contributed by atoms with E-state index in [-0.39, 0.29) is 16.6 Å². The van der Waals surface area contributed by atoms with Gasteiger partial charge in [0, 0.05) is 11.1 Å². The number of carbonyl (C=O) groups excluding carboxylic acids is 1. The first kappa shape index (κ1) is 20.7. The largest absolute Gasteiger partial charge is 0.289 e. The minimum Gasteiger partial charge on any atom is -0.289 e. The molecule has 1 aliphatic rings. The molecule has 0 atom stereocenters. The summed E-state index contributed by atoms with van der Waals surface area (Å²) < 4.78 is 0. The minimum absolute atomic E-state index is 0.179. The lowest BCUT2D eigenvalue weighted by atomic mass is 9.71. The van der Waals surface area contributed by atoms with Gasteiger partial charge in [-0.05, 0) is 72.2 Å². The molecule has 4 aromatic rings. The van der Waals surface area contributed by atoms with E-state index in [2.05, 4.69) is 114 Å². The van der Waals surface area contributed by atoms with E-state index in [1.54, 1.807) is 0 Å². The second-order valence-electron chi connectivity index (χ2n) is 11.1. The SMILES string of the molecule is CC(C)(C)C1=CC(=c2ccc3cccc4c5ccccc5cc2c34)C=C(C(C)(C)C)C1=O. The van der Waals surface area contributed by atoms with Crippen molar-refractivity contribution >= 4 is 43.7 Å². The fourth-order valence-electron chi connectivity index (χ4n) is 4.96. The van der Waals surface area contributed by atoms with E-state index < -0.39 is 0 Å². The van der Waals surface area contributed by atoms with Gasteiger partial charge in [0.05, 0.1) is 0 Å². The summed E-state index contributed by atoms with van der Waals surface area (Å²) in [5.41, 5.74) is 2.46. The number of benzene rings is 4. The Morgan fingerprint density at radius 2 is 1.19 bits per heavy atom. The van der Waals surface area contributed by atoms with Gasteiger partial charge < -0.3 is 0 Å². The fraction of sp³-hybridized carbons (Fsp3) is 0.258. The molecule has 0 saturated carbocycles. The van der Waals surface area contributed by atoms with E-state index in [1.807, 2.05) is 0 Å². The molecule has 1 nitrogen and oxygen atoms in total. The molecule has 0 N–H and O–H groups in total. The molecule has 0 unspecified atom stereocenters. The van der Waals surface area contributed by atoms with Crippen LogP contribution in [0.3, 0.4) is 0 Å². The number of fused-ring (bicyclic) bond motifs is 2. The first-order valence-electron chi connectivity index (χ1n) is 11.4. The number of ketones is 1. The van der Waals surface area contributed by atoms with Gasteiger partial charge in [0.1, 0.15) is 0 Å². The highest BCUT2D eigenvalue weighted by atomic mass is 16.1. The Balaban J connectivity index is 1.99. The van der Waals surface area contributed by atoms with Crippen molar-refractivity contribution in [2.24, 2.45) is 10.8 Å². The summed E-state index contributed by atoms with van der Waals surface area (Å²) in [4.78, 5) is 13.4. The van der Waals surface area contributed by atoms with Gasteiger partial charge in [0.15, 0.2) is 5.78 Å². The van der Waals surface area contributed by atoms with Crippen molar-refractivity contribution in [3.8, 4) is 0 Å². The van der Waals surface area contributed by atoms with Crippen LogP contribution in [0.1, 0.15) is 41.5 Å². The zero-order valence-electron chi connectivity index (χ0n) is 19.8. The van der Waals surface area contributed by atoms with E-state index in [9.17, 15) is 4.79 Å². The highest BCUT2D eigenvalue weighted by Gasteiger charge is 2.34. The van der Waals surface area contributed by atoms with E-state index >= 15 is 0 Å². The third-order valence-electron chi connectivity index (χ3n) is 6.65. The predicted molar refractivity (Wildman–Crippen MR) is 138 cm³/mol. The van der Waals surface area contributed by atoms with Crippen molar-refractivity contribution < 1.29 is 4.79 Å². The lowest BCUT2D eigenvalue weighted by Crippen LogP contribution is -2.28. The van der Waals surface area contributed by atoms with Crippen LogP contribution < -0.4 is 5.22 Å². The summed E-state index contributed by atoms with van der Waals surface area (Å²) in [6, 6.07) is 21.9. The van der Waals surface area contributed by atoms with Crippen LogP contribution in [0.4, 0.5) is 0 Å². The first-order valence-corrected chi connectivity index (χ1v) is 11.4. The molecular weight excluding hydrogens is 388 g/mol. The summed E-state index contributed by atoms with van der Waals surface area (Å²) in [5, 5.41) is 8.79. The zero-order chi connectivity index (χ0) is 22.8. The lowest BCUT2D eigenvalue weighted by Gasteiger charge is -2.31. The average molecular weight is 419 g/mol. The van der Waals surface area contributed by atoms with Crippen molar-refractivity contribution in [1.82, 2.24) is 0 Å². The van der Waals surface area contributed by atoms with Gasteiger partial charge in [0.25, 0.3) is 0 Å². The smallest absolute Gasteiger partial charge is 0.186 e. The Kier molecular flexibility index (Phi) is 4.47. The van der Waals surface area contributed by atoms with Crippen molar-refractivity contribution in [1.29, 1.82) is 0 Å². The molecule has 1 aliphatic carbocycles. The summed E-state index contributed by atoms with van der Waals surface area (Å²) >= 11 is 0. The topological polar surface area (TPSA) is 17.1 Å². The molecule has 0 saturated heterocycles. The van der Waals surface area contributed by atoms with Crippen LogP contribution in [0.25, 0.3) is 37.9 Å². The number of carbonyl (C=O) groups is 1. The molecule has 160 valence electrons. The fourth-order valence-corrected chi connectivity index (χ4v) is 4.96. The number of rotatable bonds is 0. The predicted octanol–water partition coefficient (Wildman–Crippen LogP) is 7.54. The van der Waals surface area contributed by atoms with Crippen molar-refractivity contribution in [2.75, 3.05) is 0 Å². The van der Waals surface area contributed by atoms with Gasteiger partial charge in [-0.15, -0.1) is 0 Å². The minimum atomic E-state index is -0.220. The van der Waals surface area contributed by atoms with Gasteiger partial charge in [-0.1, -0.05) is 96.1 Å². The Labute approximate surface area is 190 Å². The highest BCUT2D eigenvalue weighted by molar-refractivity contribution is 6.22. The molecule has 0 aliphatic heterocycles. The number of allylic oxidation sites excluding steroid dienone is 4. The molecule has 5 rings (SSSR count). The quantitative estimate of drug-likeness (QED) is 0.213. The molecular formula is C31H30O. The summed E-state index contributed by atoms with van der Waals surface area (Å²) in [6.45, 7) is 12.8. The third-order valence-corrected chi connectivity index (χ3v) is 6.65. The molecule has 32 heavy (non-hydrogen) atoms. The number of hydrogen-bond donors (Lipinski definition) is 0. The van der Waals surface area contributed by atoms with Gasteiger partial charge >= 0.3 is 0 Å². The van der Waals surface area contributed by atoms with Crippen LogP contribution >= 0.6 is 0 Å². The van der Waals surface area contributed by atoms with E-state index in [1.165, 1.54) is 37.5 Å². The van der Waals surface area contributed by atoms with Crippen LogP contribution in [-0.2, 0) is 4.79 Å². The van der Waals surface area contributed by atoms with E-state index in [0.29, 0.717) is 0 Å². The monoisotopic (exact) mass is 418 g/mol. The maximum Gasteiger partial charge on any atom is 0.186 e. The van der Waals surface area contributed by atoms with Gasteiger partial charge in [-0.3, -0.25) is 4.79 Å². The highest BCUT2D eigenvalue weighted by Crippen LogP contribution is 2.39. The van der Waals surface area contributed by atoms with Crippen molar-refractivity contribution in [2.45, 2.75) is 41.5 Å². The van der Waals surface area contributed by atoms with Crippen LogP contribution in [0.2, 0.25) is 0 Å². The summed E-state index contributed by atoms with van der Waals surface area (Å²) in [6.07, 6.45) is 4.26. The Bertz CT molecular complexity index is 1490. The Morgan fingerprint density at radius 3 is 1.84 bits per heavy atom. The number of Topliss-reactive ketones (excluding diaryl/α,β-unsaturated/α-hetero) is 1. The van der Waals surface area contributed by atoms with Crippen LogP contribution in [0, 0.1) is 10.8 Å². The standard InChI is InChI=1S/C31H30O/c1-30(2,3)26-17-21(18-27(29(26)32)31(4,5)6)23-15-14-19-11-9-13-24-22-12-8-7-10-20(22)16-25(23)28(19)24/h7-18H,1-6H3. The van der Waals surface area contributed by atoms with Gasteiger partial charge in [-0.2, -0.15) is 0 Å². The molecule has 4 aromatic carbocycles. The second-order valence-corrected chi connectivity index (χ2v) is 11.1. The van der Waals surface area contributed by atoms with Crippen molar-refractivity contribution in [3.05, 3.63) is 89.2 Å². The molecule has 0 bridgehead atoms. The zero-order valence-corrected chi connectivity index (χ0v) is 19.8. The summed E-state index contributed by atoms with van der Waals surface area (Å²) in [7, 11) is 0. The normalized spacial score (nSPS) is 15.6. The van der Waals surface area contributed by atoms with E-state index in [0.717, 1.165) is 16.7 Å².